The highest BCUT2D eigenvalue weighted by Gasteiger charge is 2.37. The molecule has 2 saturated heterocycles. The maximum Gasteiger partial charge on any atom is 0.244 e. The molecule has 8 heteroatoms. The highest BCUT2D eigenvalue weighted by molar-refractivity contribution is 7.89. The summed E-state index contributed by atoms with van der Waals surface area (Å²) in [6, 6.07) is 10.4. The minimum atomic E-state index is -3.71. The molecule has 2 fully saturated rings. The monoisotopic (exact) mass is 433 g/mol. The molecule has 1 unspecified atom stereocenters. The molecule has 0 aliphatic carbocycles. The zero-order valence-corrected chi connectivity index (χ0v) is 17.6. The Morgan fingerprint density at radius 1 is 1.07 bits per heavy atom. The molecule has 0 spiro atoms. The van der Waals surface area contributed by atoms with E-state index < -0.39 is 10.0 Å². The summed E-state index contributed by atoms with van der Waals surface area (Å²) in [5.74, 6) is 0.0308. The van der Waals surface area contributed by atoms with Gasteiger partial charge in [-0.05, 0) is 43.0 Å². The average molecular weight is 434 g/mol. The molecular formula is C21H24ClN3O3S. The molecule has 29 heavy (non-hydrogen) atoms. The van der Waals surface area contributed by atoms with Crippen LogP contribution >= 0.6 is 11.6 Å². The van der Waals surface area contributed by atoms with E-state index in [1.165, 1.54) is 10.4 Å². The van der Waals surface area contributed by atoms with Crippen LogP contribution in [0, 0.1) is 5.92 Å². The number of likely N-dealkylation sites (tertiary alicyclic amines) is 1. The van der Waals surface area contributed by atoms with Crippen molar-refractivity contribution in [3.63, 3.8) is 0 Å². The lowest BCUT2D eigenvalue weighted by atomic mass is 9.98. The molecule has 0 radical (unpaired) electrons. The van der Waals surface area contributed by atoms with Gasteiger partial charge in [0, 0.05) is 44.5 Å². The molecule has 1 aromatic carbocycles. The first-order valence-corrected chi connectivity index (χ1v) is 11.7. The van der Waals surface area contributed by atoms with Gasteiger partial charge in [-0.1, -0.05) is 29.8 Å². The molecule has 2 aliphatic rings. The summed E-state index contributed by atoms with van der Waals surface area (Å²) in [6.45, 7) is 1.99. The number of hydrogen-bond acceptors (Lipinski definition) is 4. The van der Waals surface area contributed by atoms with Crippen LogP contribution in [0.25, 0.3) is 0 Å². The van der Waals surface area contributed by atoms with Crippen molar-refractivity contribution in [1.29, 1.82) is 0 Å². The van der Waals surface area contributed by atoms with Gasteiger partial charge in [-0.2, -0.15) is 4.31 Å². The molecule has 2 aromatic rings. The maximum atomic E-state index is 13.1. The van der Waals surface area contributed by atoms with Gasteiger partial charge in [-0.25, -0.2) is 8.42 Å². The first kappa shape index (κ1) is 20.3. The van der Waals surface area contributed by atoms with E-state index in [1.807, 2.05) is 23.2 Å². The minimum absolute atomic E-state index is 0.0513. The number of aromatic nitrogens is 1. The number of rotatable bonds is 4. The summed E-state index contributed by atoms with van der Waals surface area (Å²) in [6.07, 6.45) is 5.89. The Labute approximate surface area is 176 Å². The molecule has 2 aliphatic heterocycles. The van der Waals surface area contributed by atoms with Gasteiger partial charge in [0.05, 0.1) is 10.9 Å². The number of amides is 1. The number of hydrogen-bond donors (Lipinski definition) is 0. The molecule has 3 heterocycles. The van der Waals surface area contributed by atoms with Crippen LogP contribution in [-0.4, -0.2) is 54.7 Å². The predicted octanol–water partition coefficient (Wildman–Crippen LogP) is 3.15. The second kappa shape index (κ2) is 8.42. The van der Waals surface area contributed by atoms with E-state index in [4.69, 9.17) is 11.6 Å². The van der Waals surface area contributed by atoms with Crippen molar-refractivity contribution >= 4 is 27.5 Å². The van der Waals surface area contributed by atoms with Crippen molar-refractivity contribution in [2.75, 3.05) is 26.2 Å². The predicted molar refractivity (Wildman–Crippen MR) is 111 cm³/mol. The molecule has 2 atom stereocenters. The molecule has 1 aromatic heterocycles. The summed E-state index contributed by atoms with van der Waals surface area (Å²) in [5, 5.41) is 0.208. The Balaban J connectivity index is 1.45. The van der Waals surface area contributed by atoms with Crippen LogP contribution in [0.2, 0.25) is 5.02 Å². The first-order chi connectivity index (χ1) is 14.0. The van der Waals surface area contributed by atoms with Gasteiger partial charge in [0.25, 0.3) is 0 Å². The molecule has 4 rings (SSSR count). The van der Waals surface area contributed by atoms with Crippen LogP contribution in [0.5, 0.6) is 0 Å². The summed E-state index contributed by atoms with van der Waals surface area (Å²) in [4.78, 5) is 19.3. The van der Waals surface area contributed by atoms with Crippen LogP contribution in [0.4, 0.5) is 0 Å². The first-order valence-electron chi connectivity index (χ1n) is 9.90. The molecule has 0 saturated carbocycles. The molecular weight excluding hydrogens is 410 g/mol. The lowest BCUT2D eigenvalue weighted by Gasteiger charge is -2.33. The Bertz CT molecular complexity index is 984. The quantitative estimate of drug-likeness (QED) is 0.742. The van der Waals surface area contributed by atoms with E-state index in [-0.39, 0.29) is 28.3 Å². The van der Waals surface area contributed by atoms with Crippen LogP contribution < -0.4 is 0 Å². The SMILES string of the molecule is O=C([C@H]1CCCN(S(=O)(=O)c2ccccc2Cl)C1)N1CCC(c2cccnc2)C1. The molecule has 154 valence electrons. The van der Waals surface area contributed by atoms with Crippen LogP contribution in [0.1, 0.15) is 30.7 Å². The van der Waals surface area contributed by atoms with Gasteiger partial charge in [-0.3, -0.25) is 9.78 Å². The molecule has 0 bridgehead atoms. The van der Waals surface area contributed by atoms with E-state index in [9.17, 15) is 13.2 Å². The lowest BCUT2D eigenvalue weighted by Crippen LogP contribution is -2.46. The van der Waals surface area contributed by atoms with Crippen molar-refractivity contribution in [1.82, 2.24) is 14.2 Å². The molecule has 0 N–H and O–H groups in total. The van der Waals surface area contributed by atoms with E-state index >= 15 is 0 Å². The summed E-state index contributed by atoms with van der Waals surface area (Å²) in [5.41, 5.74) is 1.15. The van der Waals surface area contributed by atoms with Crippen molar-refractivity contribution in [3.05, 3.63) is 59.4 Å². The number of benzene rings is 1. The van der Waals surface area contributed by atoms with Gasteiger partial charge in [0.1, 0.15) is 4.90 Å². The third-order valence-corrected chi connectivity index (χ3v) is 8.21. The van der Waals surface area contributed by atoms with Crippen LogP contribution in [0.15, 0.2) is 53.7 Å². The van der Waals surface area contributed by atoms with E-state index in [2.05, 4.69) is 4.98 Å². The Morgan fingerprint density at radius 3 is 2.66 bits per heavy atom. The third-order valence-electron chi connectivity index (χ3n) is 5.84. The summed E-state index contributed by atoms with van der Waals surface area (Å²) in [7, 11) is -3.71. The number of nitrogens with zero attached hydrogens (tertiary/aromatic N) is 3. The highest BCUT2D eigenvalue weighted by atomic mass is 35.5. The topological polar surface area (TPSA) is 70.6 Å². The van der Waals surface area contributed by atoms with E-state index in [1.54, 1.807) is 24.4 Å². The normalized spacial score (nSPS) is 23.3. The largest absolute Gasteiger partial charge is 0.342 e. The average Bonchev–Trinajstić information content (AvgIpc) is 3.24. The van der Waals surface area contributed by atoms with Gasteiger partial charge in [-0.15, -0.1) is 0 Å². The van der Waals surface area contributed by atoms with Crippen molar-refractivity contribution in [2.24, 2.45) is 5.92 Å². The van der Waals surface area contributed by atoms with Crippen LogP contribution in [-0.2, 0) is 14.8 Å². The van der Waals surface area contributed by atoms with Crippen molar-refractivity contribution < 1.29 is 13.2 Å². The summed E-state index contributed by atoms with van der Waals surface area (Å²) < 4.78 is 27.5. The second-order valence-electron chi connectivity index (χ2n) is 7.69. The van der Waals surface area contributed by atoms with E-state index in [0.29, 0.717) is 38.4 Å². The Hall–Kier alpha value is -1.96. The number of carbonyl (C=O) groups excluding carboxylic acids is 1. The summed E-state index contributed by atoms with van der Waals surface area (Å²) >= 11 is 6.12. The lowest BCUT2D eigenvalue weighted by molar-refractivity contribution is -0.135. The number of pyridine rings is 1. The van der Waals surface area contributed by atoms with Crippen molar-refractivity contribution in [3.8, 4) is 0 Å². The van der Waals surface area contributed by atoms with Gasteiger partial charge in [0.15, 0.2) is 0 Å². The maximum absolute atomic E-state index is 13.1. The second-order valence-corrected chi connectivity index (χ2v) is 10.0. The van der Waals surface area contributed by atoms with E-state index in [0.717, 1.165) is 12.0 Å². The van der Waals surface area contributed by atoms with Crippen molar-refractivity contribution in [2.45, 2.75) is 30.1 Å². The minimum Gasteiger partial charge on any atom is -0.342 e. The Morgan fingerprint density at radius 2 is 1.90 bits per heavy atom. The number of halogens is 1. The number of carbonyl (C=O) groups is 1. The fourth-order valence-corrected chi connectivity index (χ4v) is 6.28. The highest BCUT2D eigenvalue weighted by Crippen LogP contribution is 2.31. The number of piperidine rings is 1. The fourth-order valence-electron chi connectivity index (χ4n) is 4.26. The zero-order chi connectivity index (χ0) is 20.4. The standard InChI is InChI=1S/C21H24ClN3O3S/c22-19-7-1-2-8-20(19)29(27,28)25-11-4-6-18(15-25)21(26)24-12-9-17(14-24)16-5-3-10-23-13-16/h1-3,5,7-8,10,13,17-18H,4,6,9,11-12,14-15H2/t17?,18-/m0/s1. The van der Waals surface area contributed by atoms with Crippen LogP contribution in [0.3, 0.4) is 0 Å². The van der Waals surface area contributed by atoms with Gasteiger partial charge >= 0.3 is 0 Å². The molecule has 1 amide bonds. The van der Waals surface area contributed by atoms with Gasteiger partial charge < -0.3 is 4.90 Å². The molecule has 6 nitrogen and oxygen atoms in total. The fraction of sp³-hybridized carbons (Fsp3) is 0.429. The smallest absolute Gasteiger partial charge is 0.244 e. The third kappa shape index (κ3) is 4.17. The Kier molecular flexibility index (Phi) is 5.90. The number of sulfonamides is 1. The van der Waals surface area contributed by atoms with Gasteiger partial charge in [0.2, 0.25) is 15.9 Å². The zero-order valence-electron chi connectivity index (χ0n) is 16.1.